The lowest BCUT2D eigenvalue weighted by Crippen LogP contribution is -2.33. The fraction of sp³-hybridized carbons (Fsp3) is 0.462. The Hall–Kier alpha value is -1.60. The van der Waals surface area contributed by atoms with Crippen LogP contribution in [-0.2, 0) is 10.0 Å². The maximum atomic E-state index is 11.9. The number of rotatable bonds is 8. The van der Waals surface area contributed by atoms with E-state index in [-0.39, 0.29) is 18.3 Å². The molecule has 6 nitrogen and oxygen atoms in total. The van der Waals surface area contributed by atoms with Crippen LogP contribution in [0.25, 0.3) is 0 Å². The third-order valence-corrected chi connectivity index (χ3v) is 4.41. The van der Waals surface area contributed by atoms with Crippen LogP contribution in [-0.4, -0.2) is 30.5 Å². The Morgan fingerprint density at radius 3 is 2.90 bits per heavy atom. The summed E-state index contributed by atoms with van der Waals surface area (Å²) in [5, 5.41) is 4.16. The molecule has 20 heavy (non-hydrogen) atoms. The Morgan fingerprint density at radius 1 is 1.45 bits per heavy atom. The number of unbranched alkanes of at least 4 members (excludes halogenated alkanes) is 1. The van der Waals surface area contributed by atoms with Crippen LogP contribution < -0.4 is 4.72 Å². The van der Waals surface area contributed by atoms with Crippen molar-refractivity contribution in [2.75, 3.05) is 12.3 Å². The van der Waals surface area contributed by atoms with Gasteiger partial charge in [-0.05, 0) is 24.6 Å². The Labute approximate surface area is 118 Å². The zero-order valence-corrected chi connectivity index (χ0v) is 12.2. The highest BCUT2D eigenvalue weighted by Crippen LogP contribution is 2.17. The number of aromatic nitrogens is 2. The van der Waals surface area contributed by atoms with Gasteiger partial charge in [0, 0.05) is 18.9 Å². The van der Waals surface area contributed by atoms with E-state index in [1.807, 2.05) is 13.0 Å². The minimum Gasteiger partial charge on any atom is -0.467 e. The monoisotopic (exact) mass is 297 g/mol. The first-order chi connectivity index (χ1) is 9.62. The molecule has 0 fully saturated rings. The van der Waals surface area contributed by atoms with Crippen molar-refractivity contribution in [2.45, 2.75) is 25.8 Å². The van der Waals surface area contributed by atoms with Gasteiger partial charge in [0.2, 0.25) is 10.0 Å². The molecule has 0 saturated heterocycles. The van der Waals surface area contributed by atoms with E-state index in [1.165, 1.54) is 0 Å². The summed E-state index contributed by atoms with van der Waals surface area (Å²) in [5.74, 6) is 0.819. The maximum Gasteiger partial charge on any atom is 0.211 e. The minimum atomic E-state index is -3.25. The molecule has 2 heterocycles. The Morgan fingerprint density at radius 2 is 2.30 bits per heavy atom. The van der Waals surface area contributed by atoms with E-state index in [0.29, 0.717) is 12.2 Å². The molecule has 7 heteroatoms. The second kappa shape index (κ2) is 6.71. The highest BCUT2D eigenvalue weighted by Gasteiger charge is 2.20. The second-order valence-corrected chi connectivity index (χ2v) is 6.46. The van der Waals surface area contributed by atoms with Crippen LogP contribution in [0.15, 0.2) is 41.3 Å². The van der Waals surface area contributed by atoms with Crippen molar-refractivity contribution in [3.05, 3.63) is 42.6 Å². The van der Waals surface area contributed by atoms with Gasteiger partial charge in [0.1, 0.15) is 11.8 Å². The van der Waals surface area contributed by atoms with Crippen LogP contribution in [0.1, 0.15) is 31.6 Å². The lowest BCUT2D eigenvalue weighted by molar-refractivity contribution is 0.402. The van der Waals surface area contributed by atoms with Gasteiger partial charge in [0.25, 0.3) is 0 Å². The predicted octanol–water partition coefficient (Wildman–Crippen LogP) is 1.79. The van der Waals surface area contributed by atoms with Crippen molar-refractivity contribution in [3.8, 4) is 0 Å². The van der Waals surface area contributed by atoms with E-state index in [0.717, 1.165) is 6.42 Å². The van der Waals surface area contributed by atoms with Crippen LogP contribution in [0.5, 0.6) is 0 Å². The molecule has 0 radical (unpaired) electrons. The van der Waals surface area contributed by atoms with Crippen LogP contribution in [0, 0.1) is 0 Å². The topological polar surface area (TPSA) is 77.1 Å². The van der Waals surface area contributed by atoms with E-state index < -0.39 is 10.0 Å². The number of hydrogen-bond acceptors (Lipinski definition) is 4. The molecule has 1 unspecified atom stereocenters. The molecule has 0 aliphatic carbocycles. The van der Waals surface area contributed by atoms with Crippen LogP contribution in [0.4, 0.5) is 0 Å². The summed E-state index contributed by atoms with van der Waals surface area (Å²) in [7, 11) is -3.25. The van der Waals surface area contributed by atoms with E-state index >= 15 is 0 Å². The van der Waals surface area contributed by atoms with Gasteiger partial charge >= 0.3 is 0 Å². The summed E-state index contributed by atoms with van der Waals surface area (Å²) in [6.45, 7) is 2.19. The number of sulfonamides is 1. The van der Waals surface area contributed by atoms with Crippen molar-refractivity contribution in [2.24, 2.45) is 0 Å². The molecule has 2 rings (SSSR count). The van der Waals surface area contributed by atoms with Crippen molar-refractivity contribution in [1.82, 2.24) is 14.5 Å². The van der Waals surface area contributed by atoms with Crippen molar-refractivity contribution in [3.63, 3.8) is 0 Å². The Balaban J connectivity index is 2.07. The maximum absolute atomic E-state index is 11.9. The number of hydrogen-bond donors (Lipinski definition) is 1. The largest absolute Gasteiger partial charge is 0.467 e. The fourth-order valence-electron chi connectivity index (χ4n) is 1.88. The molecule has 0 saturated carbocycles. The van der Waals surface area contributed by atoms with Crippen molar-refractivity contribution < 1.29 is 12.8 Å². The zero-order chi connectivity index (χ0) is 14.4. The molecule has 1 atom stereocenters. The summed E-state index contributed by atoms with van der Waals surface area (Å²) >= 11 is 0. The quantitative estimate of drug-likeness (QED) is 0.805. The molecule has 0 aliphatic rings. The van der Waals surface area contributed by atoms with Crippen molar-refractivity contribution >= 4 is 10.0 Å². The van der Waals surface area contributed by atoms with Gasteiger partial charge in [-0.3, -0.25) is 4.68 Å². The average molecular weight is 297 g/mol. The Bertz CT molecular complexity index is 557. The Kier molecular flexibility index (Phi) is 4.97. The van der Waals surface area contributed by atoms with Gasteiger partial charge in [-0.1, -0.05) is 13.3 Å². The molecular weight excluding hydrogens is 278 g/mol. The number of nitrogens with one attached hydrogen (secondary N) is 1. The predicted molar refractivity (Wildman–Crippen MR) is 75.8 cm³/mol. The van der Waals surface area contributed by atoms with Gasteiger partial charge in [0.05, 0.1) is 12.0 Å². The summed E-state index contributed by atoms with van der Waals surface area (Å²) in [6.07, 6.45) is 6.51. The van der Waals surface area contributed by atoms with E-state index in [9.17, 15) is 8.42 Å². The molecule has 0 aromatic carbocycles. The molecule has 1 N–H and O–H groups in total. The van der Waals surface area contributed by atoms with E-state index in [2.05, 4.69) is 9.82 Å². The number of nitrogens with zero attached hydrogens (tertiary/aromatic N) is 2. The third kappa shape index (κ3) is 3.94. The zero-order valence-electron chi connectivity index (χ0n) is 11.4. The molecule has 0 spiro atoms. The lowest BCUT2D eigenvalue weighted by Gasteiger charge is -2.16. The molecule has 0 bridgehead atoms. The standard InChI is InChI=1S/C13H19N3O3S/c1-2-3-10-20(17,18)15-11-12(13-6-4-9-19-13)16-8-5-7-14-16/h4-9,12,15H,2-3,10-11H2,1H3. The molecule has 0 aliphatic heterocycles. The first-order valence-corrected chi connectivity index (χ1v) is 8.27. The van der Waals surface area contributed by atoms with Gasteiger partial charge in [0.15, 0.2) is 0 Å². The molecule has 2 aromatic rings. The van der Waals surface area contributed by atoms with Gasteiger partial charge in [-0.25, -0.2) is 13.1 Å². The van der Waals surface area contributed by atoms with E-state index in [1.54, 1.807) is 35.5 Å². The normalized spacial score (nSPS) is 13.4. The van der Waals surface area contributed by atoms with E-state index in [4.69, 9.17) is 4.42 Å². The molecule has 110 valence electrons. The molecule has 0 amide bonds. The lowest BCUT2D eigenvalue weighted by atomic mass is 10.2. The fourth-order valence-corrected chi connectivity index (χ4v) is 3.11. The summed E-state index contributed by atoms with van der Waals surface area (Å²) < 4.78 is 33.4. The SMILES string of the molecule is CCCCS(=O)(=O)NCC(c1ccco1)n1cccn1. The van der Waals surface area contributed by atoms with Crippen LogP contribution in [0.2, 0.25) is 0 Å². The highest BCUT2D eigenvalue weighted by molar-refractivity contribution is 7.89. The third-order valence-electron chi connectivity index (χ3n) is 2.98. The smallest absolute Gasteiger partial charge is 0.211 e. The van der Waals surface area contributed by atoms with Crippen molar-refractivity contribution in [1.29, 1.82) is 0 Å². The van der Waals surface area contributed by atoms with Crippen LogP contribution >= 0.6 is 0 Å². The summed E-state index contributed by atoms with van der Waals surface area (Å²) in [4.78, 5) is 0. The highest BCUT2D eigenvalue weighted by atomic mass is 32.2. The van der Waals surface area contributed by atoms with Gasteiger partial charge < -0.3 is 4.42 Å². The second-order valence-electron chi connectivity index (χ2n) is 4.54. The molecule has 2 aromatic heterocycles. The first kappa shape index (κ1) is 14.8. The first-order valence-electron chi connectivity index (χ1n) is 6.62. The minimum absolute atomic E-state index is 0.146. The molecular formula is C13H19N3O3S. The summed E-state index contributed by atoms with van der Waals surface area (Å²) in [5.41, 5.74) is 0. The van der Waals surface area contributed by atoms with Gasteiger partial charge in [-0.15, -0.1) is 0 Å². The van der Waals surface area contributed by atoms with Gasteiger partial charge in [-0.2, -0.15) is 5.10 Å². The summed E-state index contributed by atoms with van der Waals surface area (Å²) in [6, 6.07) is 5.10. The average Bonchev–Trinajstić information content (AvgIpc) is 3.09. The van der Waals surface area contributed by atoms with Crippen LogP contribution in [0.3, 0.4) is 0 Å². The number of furan rings is 1.